The number of H-pyrrole nitrogens is 1. The van der Waals surface area contributed by atoms with E-state index in [9.17, 15) is 9.59 Å². The fourth-order valence-electron chi connectivity index (χ4n) is 4.97. The molecule has 8 heteroatoms. The highest BCUT2D eigenvalue weighted by atomic mass is 32.1. The van der Waals surface area contributed by atoms with Gasteiger partial charge in [0.15, 0.2) is 0 Å². The van der Waals surface area contributed by atoms with Crippen LogP contribution in [0.25, 0.3) is 32.7 Å². The van der Waals surface area contributed by atoms with Crippen molar-refractivity contribution in [2.24, 2.45) is 0 Å². The van der Waals surface area contributed by atoms with Crippen LogP contribution in [-0.2, 0) is 4.79 Å². The number of aromatic nitrogens is 2. The lowest BCUT2D eigenvalue weighted by Crippen LogP contribution is -2.35. The normalized spacial score (nSPS) is 13.7. The molecule has 1 aliphatic rings. The van der Waals surface area contributed by atoms with Gasteiger partial charge in [0.25, 0.3) is 11.8 Å². The van der Waals surface area contributed by atoms with E-state index in [1.54, 1.807) is 11.3 Å². The molecule has 4 aromatic rings. The Bertz CT molecular complexity index is 1550. The molecule has 2 amide bonds. The highest BCUT2D eigenvalue weighted by molar-refractivity contribution is 7.18. The van der Waals surface area contributed by atoms with E-state index in [1.807, 2.05) is 62.5 Å². The van der Waals surface area contributed by atoms with Crippen LogP contribution >= 0.6 is 11.3 Å². The Balaban J connectivity index is 1.41. The van der Waals surface area contributed by atoms with Gasteiger partial charge in [-0.25, -0.2) is 4.98 Å². The lowest BCUT2D eigenvalue weighted by molar-refractivity contribution is -0.110. The Hall–Kier alpha value is -4.01. The molecule has 0 saturated heterocycles. The number of hydrogen-bond acceptors (Lipinski definition) is 5. The van der Waals surface area contributed by atoms with Gasteiger partial charge in [-0.1, -0.05) is 50.2 Å². The van der Waals surface area contributed by atoms with Crippen molar-refractivity contribution in [1.29, 1.82) is 0 Å². The monoisotopic (exact) mass is 539 g/mol. The first-order chi connectivity index (χ1) is 18.9. The van der Waals surface area contributed by atoms with E-state index in [0.29, 0.717) is 17.7 Å². The van der Waals surface area contributed by atoms with Crippen molar-refractivity contribution in [2.75, 3.05) is 31.5 Å². The number of benzene rings is 2. The van der Waals surface area contributed by atoms with Crippen molar-refractivity contribution >= 4 is 40.5 Å². The zero-order chi connectivity index (χ0) is 27.5. The average molecular weight is 540 g/mol. The predicted octanol–water partition coefficient (Wildman–Crippen LogP) is 5.99. The predicted molar refractivity (Wildman–Crippen MR) is 160 cm³/mol. The van der Waals surface area contributed by atoms with Crippen molar-refractivity contribution in [3.8, 4) is 21.0 Å². The van der Waals surface area contributed by atoms with E-state index in [-0.39, 0.29) is 11.8 Å². The molecule has 3 N–H and O–H groups in total. The van der Waals surface area contributed by atoms with Gasteiger partial charge in [0, 0.05) is 47.5 Å². The average Bonchev–Trinajstić information content (AvgIpc) is 3.63. The van der Waals surface area contributed by atoms with Gasteiger partial charge in [0.05, 0.1) is 16.0 Å². The quantitative estimate of drug-likeness (QED) is 0.228. The molecule has 1 aliphatic heterocycles. The second-order valence-corrected chi connectivity index (χ2v) is 10.6. The van der Waals surface area contributed by atoms with E-state index in [2.05, 4.69) is 51.5 Å². The largest absolute Gasteiger partial charge is 0.358 e. The standard InChI is InChI=1S/C31H33N5O2S/c1-5-36(6-2)15-14-32-30(38)28-19(3)26(34-20(28)4)17-24-23-16-22(12-13-25(23)35-29(24)37)27-18-33-31(39-27)21-10-8-7-9-11-21/h7-13,16-18,34H,5-6,14-15H2,1-4H3,(H,32,38)(H,35,37). The van der Waals surface area contributed by atoms with Crippen molar-refractivity contribution in [3.05, 3.63) is 82.8 Å². The molecular formula is C31H33N5O2S. The molecule has 2 aromatic carbocycles. The lowest BCUT2D eigenvalue weighted by atomic mass is 10.0. The van der Waals surface area contributed by atoms with Crippen LogP contribution < -0.4 is 10.6 Å². The third-order valence-electron chi connectivity index (χ3n) is 7.21. The molecule has 7 nitrogen and oxygen atoms in total. The van der Waals surface area contributed by atoms with E-state index >= 15 is 0 Å². The summed E-state index contributed by atoms with van der Waals surface area (Å²) in [6.45, 7) is 11.3. The van der Waals surface area contributed by atoms with E-state index in [1.165, 1.54) is 0 Å². The van der Waals surface area contributed by atoms with Crippen LogP contribution in [0.5, 0.6) is 0 Å². The zero-order valence-electron chi connectivity index (χ0n) is 22.7. The number of nitrogens with one attached hydrogen (secondary N) is 3. The van der Waals surface area contributed by atoms with Gasteiger partial charge in [-0.3, -0.25) is 9.59 Å². The number of nitrogens with zero attached hydrogens (tertiary/aromatic N) is 2. The van der Waals surface area contributed by atoms with Crippen LogP contribution in [0.15, 0.2) is 54.7 Å². The number of aryl methyl sites for hydroxylation is 1. The molecule has 5 rings (SSSR count). The van der Waals surface area contributed by atoms with Crippen molar-refractivity contribution in [3.63, 3.8) is 0 Å². The molecule has 3 heterocycles. The van der Waals surface area contributed by atoms with Crippen LogP contribution in [-0.4, -0.2) is 52.9 Å². The lowest BCUT2D eigenvalue weighted by Gasteiger charge is -2.18. The van der Waals surface area contributed by atoms with Crippen LogP contribution in [0.2, 0.25) is 0 Å². The molecule has 0 saturated carbocycles. The van der Waals surface area contributed by atoms with Gasteiger partial charge in [-0.15, -0.1) is 11.3 Å². The van der Waals surface area contributed by atoms with Gasteiger partial charge in [0.2, 0.25) is 0 Å². The van der Waals surface area contributed by atoms with Gasteiger partial charge >= 0.3 is 0 Å². The Morgan fingerprint density at radius 2 is 1.85 bits per heavy atom. The molecule has 0 atom stereocenters. The van der Waals surface area contributed by atoms with E-state index in [4.69, 9.17) is 0 Å². The number of rotatable bonds is 9. The van der Waals surface area contributed by atoms with Gasteiger partial charge in [0.1, 0.15) is 5.01 Å². The zero-order valence-corrected chi connectivity index (χ0v) is 23.5. The van der Waals surface area contributed by atoms with Gasteiger partial charge < -0.3 is 20.5 Å². The summed E-state index contributed by atoms with van der Waals surface area (Å²) in [4.78, 5) is 37.2. The number of hydrogen-bond donors (Lipinski definition) is 3. The summed E-state index contributed by atoms with van der Waals surface area (Å²) in [5, 5.41) is 6.97. The number of likely N-dealkylation sites (N-methyl/N-ethyl adjacent to an activating group) is 1. The molecule has 0 fully saturated rings. The molecule has 0 radical (unpaired) electrons. The molecule has 2 aromatic heterocycles. The fourth-order valence-corrected chi connectivity index (χ4v) is 5.88. The summed E-state index contributed by atoms with van der Waals surface area (Å²) >= 11 is 1.62. The number of amides is 2. The number of anilines is 1. The second-order valence-electron chi connectivity index (χ2n) is 9.61. The maximum Gasteiger partial charge on any atom is 0.256 e. The minimum Gasteiger partial charge on any atom is -0.358 e. The number of fused-ring (bicyclic) bond motifs is 1. The Morgan fingerprint density at radius 1 is 1.08 bits per heavy atom. The summed E-state index contributed by atoms with van der Waals surface area (Å²) in [6, 6.07) is 16.1. The molecule has 200 valence electrons. The minimum atomic E-state index is -0.159. The summed E-state index contributed by atoms with van der Waals surface area (Å²) in [6.07, 6.45) is 3.73. The summed E-state index contributed by atoms with van der Waals surface area (Å²) in [5.74, 6) is -0.260. The van der Waals surface area contributed by atoms with Crippen molar-refractivity contribution in [1.82, 2.24) is 20.2 Å². The number of carbonyl (C=O) groups excluding carboxylic acids is 2. The van der Waals surface area contributed by atoms with E-state index in [0.717, 1.165) is 68.8 Å². The minimum absolute atomic E-state index is 0.101. The Kier molecular flexibility index (Phi) is 7.77. The highest BCUT2D eigenvalue weighted by Crippen LogP contribution is 2.39. The first kappa shape index (κ1) is 26.6. The highest BCUT2D eigenvalue weighted by Gasteiger charge is 2.26. The third-order valence-corrected chi connectivity index (χ3v) is 8.31. The maximum absolute atomic E-state index is 13.0. The number of thiazole rings is 1. The molecule has 0 unspecified atom stereocenters. The van der Waals surface area contributed by atoms with Gasteiger partial charge in [-0.2, -0.15) is 0 Å². The number of aromatic amines is 1. The van der Waals surface area contributed by atoms with E-state index < -0.39 is 0 Å². The molecule has 39 heavy (non-hydrogen) atoms. The summed E-state index contributed by atoms with van der Waals surface area (Å²) in [7, 11) is 0. The first-order valence-corrected chi connectivity index (χ1v) is 14.1. The Morgan fingerprint density at radius 3 is 2.59 bits per heavy atom. The van der Waals surface area contributed by atoms with Crippen LogP contribution in [0, 0.1) is 13.8 Å². The summed E-state index contributed by atoms with van der Waals surface area (Å²) < 4.78 is 0. The SMILES string of the molecule is CCN(CC)CCNC(=O)c1c(C)[nH]c(C=C2C(=O)Nc3ccc(-c4cnc(-c5ccccc5)s4)cc32)c1C. The first-order valence-electron chi connectivity index (χ1n) is 13.3. The smallest absolute Gasteiger partial charge is 0.256 e. The molecule has 0 spiro atoms. The third kappa shape index (κ3) is 5.44. The van der Waals surface area contributed by atoms with Crippen molar-refractivity contribution < 1.29 is 9.59 Å². The Labute approximate surface area is 233 Å². The molecule has 0 bridgehead atoms. The van der Waals surface area contributed by atoms with Crippen LogP contribution in [0.4, 0.5) is 5.69 Å². The maximum atomic E-state index is 13.0. The fraction of sp³-hybridized carbons (Fsp3) is 0.258. The molecule has 0 aliphatic carbocycles. The number of carbonyl (C=O) groups is 2. The molecular weight excluding hydrogens is 506 g/mol. The summed E-state index contributed by atoms with van der Waals surface area (Å²) in [5.41, 5.74) is 7.26. The van der Waals surface area contributed by atoms with Crippen LogP contribution in [0.1, 0.15) is 46.7 Å². The van der Waals surface area contributed by atoms with Crippen LogP contribution in [0.3, 0.4) is 0 Å². The second kappa shape index (κ2) is 11.4. The van der Waals surface area contributed by atoms with Crippen molar-refractivity contribution in [2.45, 2.75) is 27.7 Å². The topological polar surface area (TPSA) is 90.1 Å². The van der Waals surface area contributed by atoms with Gasteiger partial charge in [-0.05, 0) is 56.3 Å².